The topological polar surface area (TPSA) is 49.4 Å². The van der Waals surface area contributed by atoms with Gasteiger partial charge in [0.1, 0.15) is 5.78 Å². The lowest BCUT2D eigenvalue weighted by Crippen LogP contribution is -2.48. The second kappa shape index (κ2) is 5.43. The third-order valence-corrected chi connectivity index (χ3v) is 3.14. The molecule has 1 heterocycles. The molecule has 1 fully saturated rings. The van der Waals surface area contributed by atoms with E-state index < -0.39 is 0 Å². The van der Waals surface area contributed by atoms with Crippen LogP contribution in [0.5, 0.6) is 0 Å². The minimum absolute atomic E-state index is 0.0567. The molecule has 1 saturated heterocycles. The third kappa shape index (κ3) is 4.31. The molecule has 1 amide bonds. The van der Waals surface area contributed by atoms with Gasteiger partial charge in [-0.25, -0.2) is 0 Å². The molecule has 0 spiro atoms. The summed E-state index contributed by atoms with van der Waals surface area (Å²) in [6, 6.07) is 0. The minimum atomic E-state index is -0.136. The molecular weight excluding hydrogens is 204 g/mol. The number of carbonyl (C=O) groups is 2. The Morgan fingerprint density at radius 3 is 2.44 bits per heavy atom. The van der Waals surface area contributed by atoms with Crippen LogP contribution in [0.25, 0.3) is 0 Å². The van der Waals surface area contributed by atoms with Gasteiger partial charge in [0.15, 0.2) is 0 Å². The van der Waals surface area contributed by atoms with Crippen molar-refractivity contribution in [2.24, 2.45) is 0 Å². The number of hydrogen-bond acceptors (Lipinski definition) is 3. The van der Waals surface area contributed by atoms with Gasteiger partial charge in [0.2, 0.25) is 5.91 Å². The summed E-state index contributed by atoms with van der Waals surface area (Å²) >= 11 is 0. The third-order valence-electron chi connectivity index (χ3n) is 3.14. The molecule has 92 valence electrons. The maximum Gasteiger partial charge on any atom is 0.234 e. The molecule has 4 nitrogen and oxygen atoms in total. The second-order valence-corrected chi connectivity index (χ2v) is 5.10. The number of rotatable bonds is 4. The molecule has 16 heavy (non-hydrogen) atoms. The zero-order valence-corrected chi connectivity index (χ0v) is 10.5. The number of amides is 1. The Bertz CT molecular complexity index is 264. The zero-order valence-electron chi connectivity index (χ0n) is 10.5. The molecule has 0 saturated carbocycles. The number of carbonyl (C=O) groups excluding carboxylic acids is 2. The Morgan fingerprint density at radius 1 is 1.38 bits per heavy atom. The van der Waals surface area contributed by atoms with Gasteiger partial charge < -0.3 is 5.32 Å². The van der Waals surface area contributed by atoms with Crippen LogP contribution in [0.4, 0.5) is 0 Å². The number of Topliss-reactive ketones (excluding diaryl/α,β-unsaturated/α-hetero) is 1. The van der Waals surface area contributed by atoms with Gasteiger partial charge in [0, 0.05) is 31.5 Å². The van der Waals surface area contributed by atoms with Crippen molar-refractivity contribution in [1.29, 1.82) is 0 Å². The van der Waals surface area contributed by atoms with Crippen molar-refractivity contribution in [1.82, 2.24) is 10.2 Å². The number of nitrogens with one attached hydrogen (secondary N) is 1. The summed E-state index contributed by atoms with van der Waals surface area (Å²) < 4.78 is 0. The van der Waals surface area contributed by atoms with Crippen molar-refractivity contribution < 1.29 is 9.59 Å². The Kier molecular flexibility index (Phi) is 4.47. The zero-order chi connectivity index (χ0) is 12.2. The summed E-state index contributed by atoms with van der Waals surface area (Å²) in [7, 11) is 0. The maximum atomic E-state index is 11.7. The highest BCUT2D eigenvalue weighted by molar-refractivity contribution is 5.81. The van der Waals surface area contributed by atoms with Gasteiger partial charge in [-0.3, -0.25) is 14.5 Å². The summed E-state index contributed by atoms with van der Waals surface area (Å²) in [6.45, 7) is 7.95. The van der Waals surface area contributed by atoms with Crippen LogP contribution in [0, 0.1) is 0 Å². The number of piperidine rings is 1. The SMILES string of the molecule is CCC(C)(C)NC(=O)CN1CCC(=O)CC1. The number of nitrogens with zero attached hydrogens (tertiary/aromatic N) is 1. The van der Waals surface area contributed by atoms with Crippen molar-refractivity contribution in [3.05, 3.63) is 0 Å². The number of ketones is 1. The van der Waals surface area contributed by atoms with Crippen LogP contribution in [0.1, 0.15) is 40.0 Å². The van der Waals surface area contributed by atoms with E-state index in [0.717, 1.165) is 19.5 Å². The van der Waals surface area contributed by atoms with Gasteiger partial charge in [-0.15, -0.1) is 0 Å². The number of likely N-dealkylation sites (tertiary alicyclic amines) is 1. The van der Waals surface area contributed by atoms with Gasteiger partial charge in [-0.1, -0.05) is 6.92 Å². The fraction of sp³-hybridized carbons (Fsp3) is 0.833. The summed E-state index contributed by atoms with van der Waals surface area (Å²) in [5.74, 6) is 0.367. The first-order valence-corrected chi connectivity index (χ1v) is 5.98. The standard InChI is InChI=1S/C12H22N2O2/c1-4-12(2,3)13-11(16)9-14-7-5-10(15)6-8-14/h4-9H2,1-3H3,(H,13,16). The van der Waals surface area contributed by atoms with Crippen molar-refractivity contribution in [3.8, 4) is 0 Å². The highest BCUT2D eigenvalue weighted by atomic mass is 16.2. The van der Waals surface area contributed by atoms with Crippen LogP contribution in [-0.4, -0.2) is 41.8 Å². The van der Waals surface area contributed by atoms with Crippen LogP contribution >= 0.6 is 0 Å². The Hall–Kier alpha value is -0.900. The average Bonchev–Trinajstić information content (AvgIpc) is 2.21. The van der Waals surface area contributed by atoms with Crippen molar-refractivity contribution in [3.63, 3.8) is 0 Å². The van der Waals surface area contributed by atoms with Gasteiger partial charge in [0.05, 0.1) is 6.54 Å². The average molecular weight is 226 g/mol. The molecule has 4 heteroatoms. The molecular formula is C12H22N2O2. The molecule has 1 N–H and O–H groups in total. The fourth-order valence-corrected chi connectivity index (χ4v) is 1.67. The monoisotopic (exact) mass is 226 g/mol. The lowest BCUT2D eigenvalue weighted by Gasteiger charge is -2.29. The lowest BCUT2D eigenvalue weighted by atomic mass is 10.0. The normalized spacial score (nSPS) is 18.6. The van der Waals surface area contributed by atoms with Crippen LogP contribution in [-0.2, 0) is 9.59 Å². The van der Waals surface area contributed by atoms with Gasteiger partial charge in [-0.2, -0.15) is 0 Å². The van der Waals surface area contributed by atoms with E-state index in [1.807, 2.05) is 18.7 Å². The predicted molar refractivity (Wildman–Crippen MR) is 63.2 cm³/mol. The van der Waals surface area contributed by atoms with Crippen LogP contribution < -0.4 is 5.32 Å². The quantitative estimate of drug-likeness (QED) is 0.776. The first kappa shape index (κ1) is 13.2. The summed E-state index contributed by atoms with van der Waals surface area (Å²) in [5.41, 5.74) is -0.136. The second-order valence-electron chi connectivity index (χ2n) is 5.10. The molecule has 1 rings (SSSR count). The van der Waals surface area contributed by atoms with E-state index in [2.05, 4.69) is 12.2 Å². The fourth-order valence-electron chi connectivity index (χ4n) is 1.67. The predicted octanol–water partition coefficient (Wildman–Crippen LogP) is 0.956. The van der Waals surface area contributed by atoms with E-state index >= 15 is 0 Å². The van der Waals surface area contributed by atoms with E-state index in [0.29, 0.717) is 25.2 Å². The van der Waals surface area contributed by atoms with Crippen LogP contribution in [0.15, 0.2) is 0 Å². The molecule has 0 atom stereocenters. The molecule has 0 radical (unpaired) electrons. The van der Waals surface area contributed by atoms with E-state index in [1.165, 1.54) is 0 Å². The molecule has 0 unspecified atom stereocenters. The van der Waals surface area contributed by atoms with Gasteiger partial charge >= 0.3 is 0 Å². The first-order chi connectivity index (χ1) is 7.43. The van der Waals surface area contributed by atoms with Crippen molar-refractivity contribution in [2.75, 3.05) is 19.6 Å². The van der Waals surface area contributed by atoms with Gasteiger partial charge in [0.25, 0.3) is 0 Å². The Labute approximate surface area is 97.4 Å². The Balaban J connectivity index is 2.32. The van der Waals surface area contributed by atoms with Gasteiger partial charge in [-0.05, 0) is 20.3 Å². The molecule has 1 aliphatic heterocycles. The Morgan fingerprint density at radius 2 is 1.94 bits per heavy atom. The lowest BCUT2D eigenvalue weighted by molar-refractivity contribution is -0.127. The summed E-state index contributed by atoms with van der Waals surface area (Å²) in [4.78, 5) is 24.8. The molecule has 0 aromatic rings. The molecule has 0 aromatic carbocycles. The molecule has 0 aromatic heterocycles. The van der Waals surface area contributed by atoms with E-state index in [9.17, 15) is 9.59 Å². The van der Waals surface area contributed by atoms with E-state index in [-0.39, 0.29) is 11.4 Å². The molecule has 1 aliphatic rings. The van der Waals surface area contributed by atoms with E-state index in [4.69, 9.17) is 0 Å². The minimum Gasteiger partial charge on any atom is -0.350 e. The van der Waals surface area contributed by atoms with Crippen molar-refractivity contribution >= 4 is 11.7 Å². The smallest absolute Gasteiger partial charge is 0.234 e. The largest absolute Gasteiger partial charge is 0.350 e. The van der Waals surface area contributed by atoms with Crippen LogP contribution in [0.2, 0.25) is 0 Å². The molecule has 0 bridgehead atoms. The maximum absolute atomic E-state index is 11.7. The van der Waals surface area contributed by atoms with E-state index in [1.54, 1.807) is 0 Å². The molecule has 0 aliphatic carbocycles. The highest BCUT2D eigenvalue weighted by Crippen LogP contribution is 2.08. The summed E-state index contributed by atoms with van der Waals surface area (Å²) in [5, 5.41) is 3.00. The highest BCUT2D eigenvalue weighted by Gasteiger charge is 2.22. The summed E-state index contributed by atoms with van der Waals surface area (Å²) in [6.07, 6.45) is 2.09. The first-order valence-electron chi connectivity index (χ1n) is 5.98. The number of hydrogen-bond donors (Lipinski definition) is 1. The van der Waals surface area contributed by atoms with Crippen LogP contribution in [0.3, 0.4) is 0 Å². The van der Waals surface area contributed by atoms with Crippen molar-refractivity contribution in [2.45, 2.75) is 45.6 Å².